The van der Waals surface area contributed by atoms with E-state index in [1.165, 1.54) is 11.1 Å². The monoisotopic (exact) mass is 361 g/mol. The Morgan fingerprint density at radius 3 is 2.77 bits per heavy atom. The Morgan fingerprint density at radius 1 is 1.23 bits per heavy atom. The average Bonchev–Trinajstić information content (AvgIpc) is 2.64. The number of benzene rings is 1. The topological polar surface area (TPSA) is 61.9 Å². The number of hydrogen-bond donors (Lipinski definition) is 1. The smallest absolute Gasteiger partial charge is 0.237 e. The molecule has 144 valence electrons. The summed E-state index contributed by atoms with van der Waals surface area (Å²) in [5, 5.41) is 2.84. The molecular weight excluding hydrogens is 330 g/mol. The lowest BCUT2D eigenvalue weighted by Crippen LogP contribution is -2.43. The molecule has 0 aliphatic heterocycles. The molecule has 2 amide bonds. The first-order chi connectivity index (χ1) is 12.5. The van der Waals surface area contributed by atoms with Crippen molar-refractivity contribution in [1.29, 1.82) is 0 Å². The van der Waals surface area contributed by atoms with E-state index < -0.39 is 0 Å². The first-order valence-electron chi connectivity index (χ1n) is 9.30. The summed E-state index contributed by atoms with van der Waals surface area (Å²) in [6.07, 6.45) is 3.95. The lowest BCUT2D eigenvalue weighted by molar-refractivity contribution is -0.133. The van der Waals surface area contributed by atoms with Crippen LogP contribution in [0.4, 0.5) is 0 Å². The van der Waals surface area contributed by atoms with Gasteiger partial charge >= 0.3 is 0 Å². The number of carbonyl (C=O) groups excluding carboxylic acids is 2. The van der Waals surface area contributed by atoms with Crippen molar-refractivity contribution in [2.24, 2.45) is 0 Å². The van der Waals surface area contributed by atoms with E-state index in [9.17, 15) is 9.59 Å². The van der Waals surface area contributed by atoms with Crippen molar-refractivity contribution in [3.05, 3.63) is 35.4 Å². The quantitative estimate of drug-likeness (QED) is 0.679. The maximum absolute atomic E-state index is 12.7. The predicted octanol–water partition coefficient (Wildman–Crippen LogP) is 1.61. The number of nitrogens with one attached hydrogen (secondary N) is 1. The summed E-state index contributed by atoms with van der Waals surface area (Å²) in [5.74, 6) is -0.0246. The summed E-state index contributed by atoms with van der Waals surface area (Å²) in [7, 11) is 5.31. The van der Waals surface area contributed by atoms with Crippen LogP contribution in [0.5, 0.6) is 0 Å². The van der Waals surface area contributed by atoms with Gasteiger partial charge < -0.3 is 15.0 Å². The molecule has 0 saturated carbocycles. The molecule has 1 aliphatic rings. The molecule has 1 N–H and O–H groups in total. The van der Waals surface area contributed by atoms with Gasteiger partial charge in [0.15, 0.2) is 0 Å². The summed E-state index contributed by atoms with van der Waals surface area (Å²) >= 11 is 0. The second kappa shape index (κ2) is 10.3. The highest BCUT2D eigenvalue weighted by Crippen LogP contribution is 2.33. The van der Waals surface area contributed by atoms with Crippen LogP contribution < -0.4 is 5.32 Å². The van der Waals surface area contributed by atoms with Crippen molar-refractivity contribution in [1.82, 2.24) is 15.1 Å². The normalized spacial score (nSPS) is 16.2. The van der Waals surface area contributed by atoms with Gasteiger partial charge in [-0.2, -0.15) is 0 Å². The first-order valence-corrected chi connectivity index (χ1v) is 9.30. The molecule has 0 aromatic heterocycles. The Balaban J connectivity index is 1.82. The Hall–Kier alpha value is -1.92. The fraction of sp³-hybridized carbons (Fsp3) is 0.600. The molecule has 0 fully saturated rings. The molecule has 6 nitrogen and oxygen atoms in total. The molecule has 1 atom stereocenters. The molecule has 1 unspecified atom stereocenters. The molecule has 2 rings (SSSR count). The Bertz CT molecular complexity index is 606. The zero-order chi connectivity index (χ0) is 18.9. The lowest BCUT2D eigenvalue weighted by Gasteiger charge is -2.34. The van der Waals surface area contributed by atoms with E-state index in [1.54, 1.807) is 19.1 Å². The van der Waals surface area contributed by atoms with E-state index in [4.69, 9.17) is 4.74 Å². The van der Waals surface area contributed by atoms with E-state index >= 15 is 0 Å². The summed E-state index contributed by atoms with van der Waals surface area (Å²) in [6, 6.07) is 8.50. The average molecular weight is 361 g/mol. The van der Waals surface area contributed by atoms with Gasteiger partial charge in [0.25, 0.3) is 0 Å². The van der Waals surface area contributed by atoms with Gasteiger partial charge in [-0.25, -0.2) is 0 Å². The number of fused-ring (bicyclic) bond motifs is 1. The minimum absolute atomic E-state index is 0.0430. The Kier molecular flexibility index (Phi) is 8.06. The number of hydrogen-bond acceptors (Lipinski definition) is 4. The Morgan fingerprint density at radius 2 is 2.00 bits per heavy atom. The molecule has 0 spiro atoms. The van der Waals surface area contributed by atoms with Crippen LogP contribution in [0.3, 0.4) is 0 Å². The molecule has 1 aromatic rings. The molecule has 0 heterocycles. The summed E-state index contributed by atoms with van der Waals surface area (Å²) in [4.78, 5) is 28.2. The lowest BCUT2D eigenvalue weighted by atomic mass is 9.87. The Labute approximate surface area is 156 Å². The third-order valence-corrected chi connectivity index (χ3v) is 4.86. The highest BCUT2D eigenvalue weighted by atomic mass is 16.5. The van der Waals surface area contributed by atoms with Gasteiger partial charge in [-0.05, 0) is 43.9 Å². The van der Waals surface area contributed by atoms with Crippen molar-refractivity contribution < 1.29 is 14.3 Å². The predicted molar refractivity (Wildman–Crippen MR) is 102 cm³/mol. The number of amides is 2. The number of carbonyl (C=O) groups is 2. The van der Waals surface area contributed by atoms with E-state index in [2.05, 4.69) is 23.5 Å². The maximum atomic E-state index is 12.7. The molecule has 1 aromatic carbocycles. The number of methoxy groups -OCH3 is 1. The highest BCUT2D eigenvalue weighted by Gasteiger charge is 2.27. The molecule has 0 saturated heterocycles. The summed E-state index contributed by atoms with van der Waals surface area (Å²) in [6.45, 7) is 1.67. The van der Waals surface area contributed by atoms with E-state index in [-0.39, 0.29) is 30.9 Å². The second-order valence-corrected chi connectivity index (χ2v) is 6.98. The minimum Gasteiger partial charge on any atom is -0.385 e. The van der Waals surface area contributed by atoms with Gasteiger partial charge in [-0.15, -0.1) is 0 Å². The number of rotatable bonds is 9. The second-order valence-electron chi connectivity index (χ2n) is 6.98. The summed E-state index contributed by atoms with van der Waals surface area (Å²) in [5.41, 5.74) is 2.60. The molecule has 0 radical (unpaired) electrons. The van der Waals surface area contributed by atoms with Gasteiger partial charge in [0, 0.05) is 27.3 Å². The molecule has 0 bridgehead atoms. The van der Waals surface area contributed by atoms with Crippen molar-refractivity contribution in [2.45, 2.75) is 31.7 Å². The number of ether oxygens (including phenoxy) is 1. The molecule has 6 heteroatoms. The molecule has 26 heavy (non-hydrogen) atoms. The van der Waals surface area contributed by atoms with Crippen LogP contribution >= 0.6 is 0 Å². The van der Waals surface area contributed by atoms with E-state index in [1.807, 2.05) is 18.0 Å². The molecular formula is C20H31N3O3. The van der Waals surface area contributed by atoms with Crippen LogP contribution in [0.2, 0.25) is 0 Å². The van der Waals surface area contributed by atoms with Crippen LogP contribution in [0.1, 0.15) is 36.4 Å². The van der Waals surface area contributed by atoms with Crippen LogP contribution in [0, 0.1) is 0 Å². The van der Waals surface area contributed by atoms with Gasteiger partial charge in [-0.3, -0.25) is 14.5 Å². The minimum atomic E-state index is -0.0675. The van der Waals surface area contributed by atoms with E-state index in [0.717, 1.165) is 25.7 Å². The van der Waals surface area contributed by atoms with Crippen LogP contribution in [-0.2, 0) is 20.7 Å². The largest absolute Gasteiger partial charge is 0.385 e. The van der Waals surface area contributed by atoms with Crippen molar-refractivity contribution in [3.63, 3.8) is 0 Å². The fourth-order valence-electron chi connectivity index (χ4n) is 3.45. The highest BCUT2D eigenvalue weighted by molar-refractivity contribution is 5.81. The SMILES string of the molecule is COCCCNC(=O)CN(C)CC(=O)N(C)C1CCCc2ccccc21. The maximum Gasteiger partial charge on any atom is 0.237 e. The number of aryl methyl sites for hydroxylation is 1. The van der Waals surface area contributed by atoms with Crippen LogP contribution in [-0.4, -0.2) is 69.1 Å². The molecule has 1 aliphatic carbocycles. The van der Waals surface area contributed by atoms with Gasteiger partial charge in [0.05, 0.1) is 19.1 Å². The zero-order valence-electron chi connectivity index (χ0n) is 16.2. The number of likely N-dealkylation sites (N-methyl/N-ethyl adjacent to an activating group) is 2. The van der Waals surface area contributed by atoms with Crippen molar-refractivity contribution >= 4 is 11.8 Å². The van der Waals surface area contributed by atoms with Gasteiger partial charge in [0.2, 0.25) is 11.8 Å². The van der Waals surface area contributed by atoms with Crippen molar-refractivity contribution in [3.8, 4) is 0 Å². The third kappa shape index (κ3) is 5.81. The van der Waals surface area contributed by atoms with Gasteiger partial charge in [-0.1, -0.05) is 24.3 Å². The van der Waals surface area contributed by atoms with Crippen molar-refractivity contribution in [2.75, 3.05) is 47.4 Å². The standard InChI is InChI=1S/C20H31N3O3/c1-22(14-19(24)21-12-7-13-26-3)15-20(25)23(2)18-11-6-9-16-8-4-5-10-17(16)18/h4-5,8,10,18H,6-7,9,11-15H2,1-3H3,(H,21,24). The van der Waals surface area contributed by atoms with Crippen LogP contribution in [0.15, 0.2) is 24.3 Å². The van der Waals surface area contributed by atoms with Crippen LogP contribution in [0.25, 0.3) is 0 Å². The zero-order valence-corrected chi connectivity index (χ0v) is 16.2. The summed E-state index contributed by atoms with van der Waals surface area (Å²) < 4.78 is 4.95. The fourth-order valence-corrected chi connectivity index (χ4v) is 3.45. The third-order valence-electron chi connectivity index (χ3n) is 4.86. The number of nitrogens with zero attached hydrogens (tertiary/aromatic N) is 2. The van der Waals surface area contributed by atoms with E-state index in [0.29, 0.717) is 13.2 Å². The van der Waals surface area contributed by atoms with Gasteiger partial charge in [0.1, 0.15) is 0 Å². The first kappa shape index (κ1) is 20.4.